The standard InChI is InChI=1S/C14H30N/c1-8-15(7)10-9-13(4,5)14(15,6)11-12(2)3/h12H,8-11H2,1-7H3/q+1. The third kappa shape index (κ3) is 1.84. The molecule has 0 spiro atoms. The zero-order valence-corrected chi connectivity index (χ0v) is 11.9. The zero-order chi connectivity index (χ0) is 11.9. The van der Waals surface area contributed by atoms with Crippen LogP contribution in [-0.2, 0) is 0 Å². The Morgan fingerprint density at radius 2 is 1.73 bits per heavy atom. The molecule has 0 aromatic heterocycles. The summed E-state index contributed by atoms with van der Waals surface area (Å²) in [5.41, 5.74) is 0.942. The molecule has 0 radical (unpaired) electrons. The second kappa shape index (κ2) is 3.76. The Kier molecular flexibility index (Phi) is 3.27. The van der Waals surface area contributed by atoms with Crippen molar-refractivity contribution in [3.05, 3.63) is 0 Å². The van der Waals surface area contributed by atoms with Crippen LogP contribution in [-0.4, -0.2) is 30.2 Å². The van der Waals surface area contributed by atoms with Crippen molar-refractivity contribution < 1.29 is 4.48 Å². The minimum absolute atomic E-state index is 0.454. The Morgan fingerprint density at radius 3 is 2.13 bits per heavy atom. The van der Waals surface area contributed by atoms with Gasteiger partial charge in [0.15, 0.2) is 0 Å². The Labute approximate surface area is 96.4 Å². The third-order valence-corrected chi connectivity index (χ3v) is 5.38. The van der Waals surface area contributed by atoms with Crippen LogP contribution in [0.5, 0.6) is 0 Å². The molecule has 1 fully saturated rings. The van der Waals surface area contributed by atoms with Crippen molar-refractivity contribution >= 4 is 0 Å². The molecule has 2 atom stereocenters. The molecule has 1 aliphatic heterocycles. The molecule has 2 unspecified atom stereocenters. The highest BCUT2D eigenvalue weighted by Gasteiger charge is 2.59. The lowest BCUT2D eigenvalue weighted by Gasteiger charge is -2.50. The lowest BCUT2D eigenvalue weighted by atomic mass is 9.69. The van der Waals surface area contributed by atoms with E-state index in [0.29, 0.717) is 11.0 Å². The monoisotopic (exact) mass is 212 g/mol. The van der Waals surface area contributed by atoms with Crippen LogP contribution in [0.4, 0.5) is 0 Å². The van der Waals surface area contributed by atoms with Crippen molar-refractivity contribution in [3.8, 4) is 0 Å². The summed E-state index contributed by atoms with van der Waals surface area (Å²) >= 11 is 0. The molecule has 0 N–H and O–H groups in total. The van der Waals surface area contributed by atoms with E-state index in [2.05, 4.69) is 48.6 Å². The van der Waals surface area contributed by atoms with Gasteiger partial charge in [0.05, 0.1) is 20.1 Å². The number of hydrogen-bond acceptors (Lipinski definition) is 0. The molecule has 0 aromatic rings. The first kappa shape index (κ1) is 13.0. The van der Waals surface area contributed by atoms with Crippen molar-refractivity contribution in [2.75, 3.05) is 20.1 Å². The maximum absolute atomic E-state index is 2.52. The van der Waals surface area contributed by atoms with Crippen LogP contribution in [0.15, 0.2) is 0 Å². The summed E-state index contributed by atoms with van der Waals surface area (Å²) in [4.78, 5) is 0. The van der Waals surface area contributed by atoms with Gasteiger partial charge >= 0.3 is 0 Å². The topological polar surface area (TPSA) is 0 Å². The lowest BCUT2D eigenvalue weighted by molar-refractivity contribution is -0.948. The van der Waals surface area contributed by atoms with Crippen LogP contribution < -0.4 is 0 Å². The summed E-state index contributed by atoms with van der Waals surface area (Å²) in [6.07, 6.45) is 2.73. The van der Waals surface area contributed by atoms with Crippen molar-refractivity contribution in [1.82, 2.24) is 0 Å². The fourth-order valence-electron chi connectivity index (χ4n) is 3.57. The summed E-state index contributed by atoms with van der Waals surface area (Å²) in [6, 6.07) is 0. The minimum Gasteiger partial charge on any atom is -0.321 e. The van der Waals surface area contributed by atoms with Gasteiger partial charge in [-0.1, -0.05) is 27.7 Å². The maximum atomic E-state index is 2.52. The highest BCUT2D eigenvalue weighted by Crippen LogP contribution is 2.51. The van der Waals surface area contributed by atoms with E-state index in [0.717, 1.165) is 5.92 Å². The average molecular weight is 212 g/mol. The van der Waals surface area contributed by atoms with Crippen molar-refractivity contribution in [3.63, 3.8) is 0 Å². The predicted octanol–water partition coefficient (Wildman–Crippen LogP) is 3.69. The first-order valence-corrected chi connectivity index (χ1v) is 6.53. The van der Waals surface area contributed by atoms with Crippen LogP contribution >= 0.6 is 0 Å². The van der Waals surface area contributed by atoms with Gasteiger partial charge in [-0.05, 0) is 19.8 Å². The molecule has 0 aromatic carbocycles. The molecule has 1 heterocycles. The van der Waals surface area contributed by atoms with E-state index >= 15 is 0 Å². The van der Waals surface area contributed by atoms with Crippen LogP contribution in [0.1, 0.15) is 54.4 Å². The summed E-state index contributed by atoms with van der Waals surface area (Å²) in [6.45, 7) is 17.1. The molecule has 0 bridgehead atoms. The Hall–Kier alpha value is -0.0400. The fourth-order valence-corrected chi connectivity index (χ4v) is 3.57. The zero-order valence-electron chi connectivity index (χ0n) is 11.9. The molecule has 1 nitrogen and oxygen atoms in total. The number of quaternary nitrogens is 1. The van der Waals surface area contributed by atoms with Crippen molar-refractivity contribution in [2.45, 2.75) is 59.9 Å². The van der Waals surface area contributed by atoms with E-state index < -0.39 is 0 Å². The molecule has 1 aliphatic rings. The number of hydrogen-bond donors (Lipinski definition) is 0. The Morgan fingerprint density at radius 1 is 1.20 bits per heavy atom. The lowest BCUT2D eigenvalue weighted by Crippen LogP contribution is -2.61. The van der Waals surface area contributed by atoms with Gasteiger partial charge in [-0.25, -0.2) is 0 Å². The molecule has 15 heavy (non-hydrogen) atoms. The van der Waals surface area contributed by atoms with Crippen LogP contribution in [0.3, 0.4) is 0 Å². The Balaban J connectivity index is 3.05. The van der Waals surface area contributed by atoms with E-state index in [1.165, 1.54) is 30.4 Å². The van der Waals surface area contributed by atoms with Gasteiger partial charge in [0.2, 0.25) is 0 Å². The second-order valence-electron chi connectivity index (χ2n) is 6.94. The first-order valence-electron chi connectivity index (χ1n) is 6.53. The second-order valence-corrected chi connectivity index (χ2v) is 6.94. The predicted molar refractivity (Wildman–Crippen MR) is 67.9 cm³/mol. The molecule has 1 saturated heterocycles. The van der Waals surface area contributed by atoms with E-state index in [9.17, 15) is 0 Å². The van der Waals surface area contributed by atoms with Crippen molar-refractivity contribution in [1.29, 1.82) is 0 Å². The number of rotatable bonds is 3. The number of nitrogens with zero attached hydrogens (tertiary/aromatic N) is 1. The van der Waals surface area contributed by atoms with E-state index in [1.54, 1.807) is 0 Å². The van der Waals surface area contributed by atoms with Gasteiger partial charge in [0, 0.05) is 18.3 Å². The van der Waals surface area contributed by atoms with Crippen LogP contribution in [0.25, 0.3) is 0 Å². The smallest absolute Gasteiger partial charge is 0.102 e. The summed E-state index contributed by atoms with van der Waals surface area (Å²) in [7, 11) is 2.46. The quantitative estimate of drug-likeness (QED) is 0.626. The first-order chi connectivity index (χ1) is 6.68. The van der Waals surface area contributed by atoms with Gasteiger partial charge in [0.25, 0.3) is 0 Å². The number of likely N-dealkylation sites (tertiary alicyclic amines) is 1. The van der Waals surface area contributed by atoms with Crippen molar-refractivity contribution in [2.24, 2.45) is 11.3 Å². The average Bonchev–Trinajstić information content (AvgIpc) is 2.27. The fraction of sp³-hybridized carbons (Fsp3) is 1.00. The molecule has 0 amide bonds. The summed E-state index contributed by atoms with van der Waals surface area (Å²) in [5, 5.41) is 0. The normalized spacial score (nSPS) is 40.0. The largest absolute Gasteiger partial charge is 0.321 e. The van der Waals surface area contributed by atoms with Gasteiger partial charge in [0.1, 0.15) is 5.54 Å². The summed E-state index contributed by atoms with van der Waals surface area (Å²) < 4.78 is 1.26. The van der Waals surface area contributed by atoms with E-state index in [4.69, 9.17) is 0 Å². The minimum atomic E-state index is 0.454. The molecule has 0 saturated carbocycles. The molecule has 1 rings (SSSR count). The molecule has 90 valence electrons. The van der Waals surface area contributed by atoms with E-state index in [-0.39, 0.29) is 0 Å². The molecular weight excluding hydrogens is 182 g/mol. The SMILES string of the molecule is CC[N+]1(C)CCC(C)(C)C1(C)CC(C)C. The summed E-state index contributed by atoms with van der Waals surface area (Å²) in [5.74, 6) is 0.802. The highest BCUT2D eigenvalue weighted by molar-refractivity contribution is 4.96. The third-order valence-electron chi connectivity index (χ3n) is 5.38. The maximum Gasteiger partial charge on any atom is 0.102 e. The molecular formula is C14H30N+. The van der Waals surface area contributed by atoms with Gasteiger partial charge < -0.3 is 4.48 Å². The molecule has 1 heteroatoms. The molecule has 0 aliphatic carbocycles. The highest BCUT2D eigenvalue weighted by atomic mass is 15.4. The Bertz CT molecular complexity index is 231. The van der Waals surface area contributed by atoms with Gasteiger partial charge in [-0.2, -0.15) is 0 Å². The van der Waals surface area contributed by atoms with E-state index in [1.807, 2.05) is 0 Å². The van der Waals surface area contributed by atoms with Gasteiger partial charge in [-0.15, -0.1) is 0 Å². The van der Waals surface area contributed by atoms with Gasteiger partial charge in [-0.3, -0.25) is 0 Å². The van der Waals surface area contributed by atoms with Crippen LogP contribution in [0.2, 0.25) is 0 Å². The van der Waals surface area contributed by atoms with Crippen LogP contribution in [0, 0.1) is 11.3 Å².